The van der Waals surface area contributed by atoms with E-state index in [9.17, 15) is 4.79 Å². The predicted octanol–water partition coefficient (Wildman–Crippen LogP) is 4.68. The molecule has 0 N–H and O–H groups in total. The maximum atomic E-state index is 12.2. The fraction of sp³-hybridized carbons (Fsp3) is 0.381. The largest absolute Gasteiger partial charge is 0.444 e. The Balaban J connectivity index is 1.60. The average molecular weight is 367 g/mol. The molecule has 0 saturated carbocycles. The van der Waals surface area contributed by atoms with Crippen molar-refractivity contribution >= 4 is 12.2 Å². The Morgan fingerprint density at radius 3 is 2.63 bits per heavy atom. The highest BCUT2D eigenvalue weighted by molar-refractivity contribution is 5.68. The number of amides is 1. The first-order valence-electron chi connectivity index (χ1n) is 9.10. The number of ether oxygens (including phenoxy) is 2. The Labute approximate surface area is 159 Å². The van der Waals surface area contributed by atoms with Crippen LogP contribution in [0.5, 0.6) is 11.6 Å². The van der Waals surface area contributed by atoms with Gasteiger partial charge in [0.15, 0.2) is 0 Å². The number of hydrogen-bond acceptors (Lipinski definition) is 5. The summed E-state index contributed by atoms with van der Waals surface area (Å²) in [5.41, 5.74) is 1.92. The first-order chi connectivity index (χ1) is 12.9. The third-order valence-electron chi connectivity index (χ3n) is 4.05. The van der Waals surface area contributed by atoms with E-state index in [0.717, 1.165) is 24.2 Å². The quantitative estimate of drug-likeness (QED) is 0.788. The van der Waals surface area contributed by atoms with Gasteiger partial charge in [-0.25, -0.2) is 9.78 Å². The zero-order valence-corrected chi connectivity index (χ0v) is 16.0. The molecule has 0 spiro atoms. The summed E-state index contributed by atoms with van der Waals surface area (Å²) in [5.74, 6) is 1.18. The minimum Gasteiger partial charge on any atom is -0.444 e. The van der Waals surface area contributed by atoms with Crippen LogP contribution < -0.4 is 4.74 Å². The summed E-state index contributed by atoms with van der Waals surface area (Å²) in [6, 6.07) is 7.86. The molecule has 2 aromatic rings. The van der Waals surface area contributed by atoms with E-state index in [0.29, 0.717) is 19.0 Å². The van der Waals surface area contributed by atoms with Crippen molar-refractivity contribution in [2.24, 2.45) is 0 Å². The van der Waals surface area contributed by atoms with Crippen LogP contribution in [0.15, 0.2) is 48.4 Å². The molecular weight excluding hydrogens is 342 g/mol. The van der Waals surface area contributed by atoms with Crippen molar-refractivity contribution < 1.29 is 14.3 Å². The number of aromatic nitrogens is 2. The van der Waals surface area contributed by atoms with Crippen molar-refractivity contribution in [2.45, 2.75) is 39.2 Å². The van der Waals surface area contributed by atoms with Gasteiger partial charge in [-0.3, -0.25) is 4.98 Å². The van der Waals surface area contributed by atoms with Crippen molar-refractivity contribution in [1.29, 1.82) is 0 Å². The van der Waals surface area contributed by atoms with Crippen LogP contribution in [0, 0.1) is 0 Å². The lowest BCUT2D eigenvalue weighted by Crippen LogP contribution is -2.40. The molecule has 6 heteroatoms. The number of piperidine rings is 1. The van der Waals surface area contributed by atoms with Crippen molar-refractivity contribution in [2.75, 3.05) is 13.1 Å². The minimum absolute atomic E-state index is 0.235. The van der Waals surface area contributed by atoms with E-state index in [-0.39, 0.29) is 6.09 Å². The molecule has 1 aromatic carbocycles. The van der Waals surface area contributed by atoms with E-state index < -0.39 is 5.60 Å². The molecule has 27 heavy (non-hydrogen) atoms. The minimum atomic E-state index is -0.462. The van der Waals surface area contributed by atoms with E-state index in [2.05, 4.69) is 16.0 Å². The summed E-state index contributed by atoms with van der Waals surface area (Å²) >= 11 is 0. The molecule has 1 fully saturated rings. The fourth-order valence-electron chi connectivity index (χ4n) is 2.81. The molecule has 1 aliphatic heterocycles. The molecule has 1 saturated heterocycles. The molecule has 0 atom stereocenters. The lowest BCUT2D eigenvalue weighted by molar-refractivity contribution is 0.0237. The van der Waals surface area contributed by atoms with Gasteiger partial charge >= 0.3 is 6.09 Å². The number of likely N-dealkylation sites (tertiary alicyclic amines) is 1. The molecule has 142 valence electrons. The summed E-state index contributed by atoms with van der Waals surface area (Å²) in [6.45, 7) is 7.01. The van der Waals surface area contributed by atoms with Gasteiger partial charge in [0, 0.05) is 25.5 Å². The Kier molecular flexibility index (Phi) is 5.74. The number of carbonyl (C=O) groups excluding carboxylic acids is 1. The van der Waals surface area contributed by atoms with Crippen molar-refractivity contribution in [3.63, 3.8) is 0 Å². The number of benzene rings is 1. The van der Waals surface area contributed by atoms with E-state index >= 15 is 0 Å². The van der Waals surface area contributed by atoms with E-state index in [1.54, 1.807) is 23.5 Å². The average Bonchev–Trinajstić information content (AvgIpc) is 2.62. The smallest absolute Gasteiger partial charge is 0.410 e. The normalized spacial score (nSPS) is 14.6. The SMILES string of the molecule is CC(C)(C)OC(=O)N1CCC(=Cc2cccc(Oc3cnccn3)c2)CC1. The van der Waals surface area contributed by atoms with Crippen molar-refractivity contribution in [1.82, 2.24) is 14.9 Å². The molecule has 1 aromatic heterocycles. The zero-order valence-electron chi connectivity index (χ0n) is 16.0. The van der Waals surface area contributed by atoms with Gasteiger partial charge in [0.25, 0.3) is 0 Å². The molecule has 1 amide bonds. The standard InChI is InChI=1S/C21H25N3O3/c1-21(2,3)27-20(25)24-11-7-16(8-12-24)13-17-5-4-6-18(14-17)26-19-15-22-9-10-23-19/h4-6,9-10,13-15H,7-8,11-12H2,1-3H3. The van der Waals surface area contributed by atoms with Crippen molar-refractivity contribution in [3.8, 4) is 11.6 Å². The van der Waals surface area contributed by atoms with Crippen LogP contribution in [-0.4, -0.2) is 39.7 Å². The van der Waals surface area contributed by atoms with Crippen LogP contribution in [0.3, 0.4) is 0 Å². The first-order valence-corrected chi connectivity index (χ1v) is 9.10. The van der Waals surface area contributed by atoms with Gasteiger partial charge in [-0.15, -0.1) is 0 Å². The molecule has 0 bridgehead atoms. The summed E-state index contributed by atoms with van der Waals surface area (Å²) in [5, 5.41) is 0. The van der Waals surface area contributed by atoms with Gasteiger partial charge < -0.3 is 14.4 Å². The molecular formula is C21H25N3O3. The molecule has 0 unspecified atom stereocenters. The molecule has 3 rings (SSSR count). The molecule has 0 aliphatic carbocycles. The Bertz CT molecular complexity index is 803. The Hall–Kier alpha value is -2.89. The number of carbonyl (C=O) groups is 1. The Morgan fingerprint density at radius 2 is 1.96 bits per heavy atom. The second-order valence-corrected chi connectivity index (χ2v) is 7.49. The summed E-state index contributed by atoms with van der Waals surface area (Å²) in [6.07, 6.45) is 8.40. The second kappa shape index (κ2) is 8.20. The van der Waals surface area contributed by atoms with Gasteiger partial charge in [0.1, 0.15) is 11.4 Å². The lowest BCUT2D eigenvalue weighted by Gasteiger charge is -2.31. The van der Waals surface area contributed by atoms with Gasteiger partial charge in [0.05, 0.1) is 6.20 Å². The van der Waals surface area contributed by atoms with Crippen LogP contribution in [0.1, 0.15) is 39.2 Å². The van der Waals surface area contributed by atoms with Crippen LogP contribution >= 0.6 is 0 Å². The summed E-state index contributed by atoms with van der Waals surface area (Å²) < 4.78 is 11.2. The summed E-state index contributed by atoms with van der Waals surface area (Å²) in [7, 11) is 0. The van der Waals surface area contributed by atoms with Crippen LogP contribution in [0.4, 0.5) is 4.79 Å². The van der Waals surface area contributed by atoms with Gasteiger partial charge in [-0.05, 0) is 51.3 Å². The van der Waals surface area contributed by atoms with Crippen LogP contribution in [-0.2, 0) is 4.74 Å². The van der Waals surface area contributed by atoms with E-state index in [1.165, 1.54) is 5.57 Å². The van der Waals surface area contributed by atoms with Gasteiger partial charge in [-0.1, -0.05) is 23.8 Å². The van der Waals surface area contributed by atoms with Gasteiger partial charge in [-0.2, -0.15) is 0 Å². The number of rotatable bonds is 3. The van der Waals surface area contributed by atoms with Crippen LogP contribution in [0.2, 0.25) is 0 Å². The van der Waals surface area contributed by atoms with Crippen molar-refractivity contribution in [3.05, 3.63) is 54.0 Å². The number of nitrogens with zero attached hydrogens (tertiary/aromatic N) is 3. The second-order valence-electron chi connectivity index (χ2n) is 7.49. The van der Waals surface area contributed by atoms with Gasteiger partial charge in [0.2, 0.25) is 5.88 Å². The fourth-order valence-corrected chi connectivity index (χ4v) is 2.81. The van der Waals surface area contributed by atoms with Crippen LogP contribution in [0.25, 0.3) is 6.08 Å². The third-order valence-corrected chi connectivity index (χ3v) is 4.05. The molecule has 2 heterocycles. The topological polar surface area (TPSA) is 64.5 Å². The highest BCUT2D eigenvalue weighted by atomic mass is 16.6. The Morgan fingerprint density at radius 1 is 1.19 bits per heavy atom. The monoisotopic (exact) mass is 367 g/mol. The molecule has 0 radical (unpaired) electrons. The maximum Gasteiger partial charge on any atom is 0.410 e. The molecule has 6 nitrogen and oxygen atoms in total. The highest BCUT2D eigenvalue weighted by Gasteiger charge is 2.24. The maximum absolute atomic E-state index is 12.2. The third kappa shape index (κ3) is 5.81. The predicted molar refractivity (Wildman–Crippen MR) is 104 cm³/mol. The summed E-state index contributed by atoms with van der Waals surface area (Å²) in [4.78, 5) is 22.0. The van der Waals surface area contributed by atoms with E-state index in [1.807, 2.05) is 45.0 Å². The number of hydrogen-bond donors (Lipinski definition) is 0. The molecule has 1 aliphatic rings. The highest BCUT2D eigenvalue weighted by Crippen LogP contribution is 2.24. The zero-order chi connectivity index (χ0) is 19.3. The first kappa shape index (κ1) is 18.9. The lowest BCUT2D eigenvalue weighted by atomic mass is 10.0. The van der Waals surface area contributed by atoms with E-state index in [4.69, 9.17) is 9.47 Å².